The first-order chi connectivity index (χ1) is 12.9. The second-order valence-electron chi connectivity index (χ2n) is 6.92. The van der Waals surface area contributed by atoms with Crippen molar-refractivity contribution in [2.45, 2.75) is 45.8 Å². The second-order valence-corrected chi connectivity index (χ2v) is 9.13. The van der Waals surface area contributed by atoms with Crippen molar-refractivity contribution in [1.29, 1.82) is 0 Å². The lowest BCUT2D eigenvalue weighted by atomic mass is 10.2. The van der Waals surface area contributed by atoms with E-state index in [1.807, 2.05) is 49.4 Å². The maximum absolute atomic E-state index is 13.0. The number of aryl methyl sites for hydroxylation is 1. The molecule has 2 aromatic rings. The van der Waals surface area contributed by atoms with Gasteiger partial charge in [0.25, 0.3) is 0 Å². The van der Waals surface area contributed by atoms with Gasteiger partial charge in [-0.2, -0.15) is 4.31 Å². The molecule has 1 aromatic carbocycles. The van der Waals surface area contributed by atoms with E-state index < -0.39 is 10.0 Å². The third-order valence-corrected chi connectivity index (χ3v) is 6.55. The summed E-state index contributed by atoms with van der Waals surface area (Å²) in [5.41, 5.74) is 0.991. The van der Waals surface area contributed by atoms with Crippen LogP contribution in [-0.4, -0.2) is 41.9 Å². The first-order valence-corrected chi connectivity index (χ1v) is 10.9. The molecule has 1 saturated carbocycles. The fraction of sp³-hybridized carbons (Fsp3) is 0.450. The summed E-state index contributed by atoms with van der Waals surface area (Å²) in [4.78, 5) is 14.7. The summed E-state index contributed by atoms with van der Waals surface area (Å²) in [6.07, 6.45) is 1.64. The van der Waals surface area contributed by atoms with Crippen LogP contribution in [0.2, 0.25) is 0 Å². The number of nitrogens with zero attached hydrogens (tertiary/aromatic N) is 2. The van der Waals surface area contributed by atoms with Crippen molar-refractivity contribution in [3.8, 4) is 0 Å². The van der Waals surface area contributed by atoms with Gasteiger partial charge in [0.05, 0.1) is 18.8 Å². The quantitative estimate of drug-likeness (QED) is 0.660. The van der Waals surface area contributed by atoms with E-state index in [0.717, 1.165) is 24.2 Å². The van der Waals surface area contributed by atoms with Crippen LogP contribution in [0.1, 0.15) is 36.8 Å². The molecule has 0 atom stereocenters. The predicted molar refractivity (Wildman–Crippen MR) is 103 cm³/mol. The molecule has 3 rings (SSSR count). The monoisotopic (exact) mass is 390 g/mol. The van der Waals surface area contributed by atoms with Crippen molar-refractivity contribution >= 4 is 15.9 Å². The topological polar surface area (TPSA) is 70.8 Å². The summed E-state index contributed by atoms with van der Waals surface area (Å²) in [6.45, 7) is 4.07. The van der Waals surface area contributed by atoms with E-state index in [2.05, 4.69) is 0 Å². The first kappa shape index (κ1) is 19.6. The van der Waals surface area contributed by atoms with Gasteiger partial charge >= 0.3 is 0 Å². The highest BCUT2D eigenvalue weighted by Crippen LogP contribution is 2.29. The molecule has 0 radical (unpaired) electrons. The summed E-state index contributed by atoms with van der Waals surface area (Å²) >= 11 is 0. The summed E-state index contributed by atoms with van der Waals surface area (Å²) < 4.78 is 31.8. The Kier molecular flexibility index (Phi) is 6.01. The molecule has 1 amide bonds. The van der Waals surface area contributed by atoms with Crippen LogP contribution in [0.4, 0.5) is 0 Å². The second kappa shape index (κ2) is 8.27. The lowest BCUT2D eigenvalue weighted by molar-refractivity contribution is -0.133. The van der Waals surface area contributed by atoms with Crippen molar-refractivity contribution in [3.05, 3.63) is 59.5 Å². The lowest BCUT2D eigenvalue weighted by Crippen LogP contribution is -2.44. The molecular weight excluding hydrogens is 364 g/mol. The third kappa shape index (κ3) is 5.20. The smallest absolute Gasteiger partial charge is 0.238 e. The van der Waals surface area contributed by atoms with E-state index in [1.54, 1.807) is 11.8 Å². The van der Waals surface area contributed by atoms with Crippen LogP contribution in [0.25, 0.3) is 0 Å². The fourth-order valence-corrected chi connectivity index (χ4v) is 4.31. The SMILES string of the molecule is CCS(=O)(=O)N(CC(=O)N(Cc1ccccc1)Cc1ccc(C)o1)C1CC1. The molecule has 6 nitrogen and oxygen atoms in total. The van der Waals surface area contributed by atoms with Crippen molar-refractivity contribution in [1.82, 2.24) is 9.21 Å². The molecule has 0 spiro atoms. The van der Waals surface area contributed by atoms with Crippen LogP contribution in [0.3, 0.4) is 0 Å². The molecule has 1 heterocycles. The van der Waals surface area contributed by atoms with E-state index in [-0.39, 0.29) is 24.2 Å². The Labute approximate surface area is 160 Å². The molecule has 146 valence electrons. The molecule has 1 aromatic heterocycles. The Hall–Kier alpha value is -2.12. The Morgan fingerprint density at radius 3 is 2.37 bits per heavy atom. The lowest BCUT2D eigenvalue weighted by Gasteiger charge is -2.26. The minimum Gasteiger partial charge on any atom is -0.464 e. The Bertz CT molecular complexity index is 872. The van der Waals surface area contributed by atoms with Crippen molar-refractivity contribution < 1.29 is 17.6 Å². The average molecular weight is 391 g/mol. The highest BCUT2D eigenvalue weighted by Gasteiger charge is 2.38. The van der Waals surface area contributed by atoms with Gasteiger partial charge in [0.15, 0.2) is 0 Å². The predicted octanol–water partition coefficient (Wildman–Crippen LogP) is 2.93. The zero-order valence-electron chi connectivity index (χ0n) is 15.8. The van der Waals surface area contributed by atoms with E-state index in [0.29, 0.717) is 18.8 Å². The van der Waals surface area contributed by atoms with Crippen LogP contribution in [-0.2, 0) is 27.9 Å². The Balaban J connectivity index is 1.78. The van der Waals surface area contributed by atoms with E-state index in [9.17, 15) is 13.2 Å². The van der Waals surface area contributed by atoms with Gasteiger partial charge in [0.1, 0.15) is 11.5 Å². The van der Waals surface area contributed by atoms with Crippen LogP contribution in [0.5, 0.6) is 0 Å². The van der Waals surface area contributed by atoms with Crippen LogP contribution < -0.4 is 0 Å². The first-order valence-electron chi connectivity index (χ1n) is 9.25. The maximum atomic E-state index is 13.0. The molecule has 0 unspecified atom stereocenters. The number of benzene rings is 1. The molecule has 1 aliphatic rings. The summed E-state index contributed by atoms with van der Waals surface area (Å²) in [5, 5.41) is 0. The van der Waals surface area contributed by atoms with Gasteiger partial charge in [-0.1, -0.05) is 30.3 Å². The average Bonchev–Trinajstić information content (AvgIpc) is 3.41. The molecular formula is C20H26N2O4S. The molecule has 1 aliphatic carbocycles. The number of rotatable bonds is 9. The van der Waals surface area contributed by atoms with Gasteiger partial charge in [-0.15, -0.1) is 0 Å². The number of carbonyl (C=O) groups excluding carboxylic acids is 1. The number of amides is 1. The number of carbonyl (C=O) groups is 1. The summed E-state index contributed by atoms with van der Waals surface area (Å²) in [6, 6.07) is 13.3. The van der Waals surface area contributed by atoms with Gasteiger partial charge in [-0.05, 0) is 44.4 Å². The largest absolute Gasteiger partial charge is 0.464 e. The minimum atomic E-state index is -3.40. The van der Waals surface area contributed by atoms with Crippen molar-refractivity contribution in [2.75, 3.05) is 12.3 Å². The fourth-order valence-electron chi connectivity index (χ4n) is 3.01. The standard InChI is InChI=1S/C20H26N2O4S/c1-3-27(24,25)22(18-10-11-18)15-20(23)21(13-17-7-5-4-6-8-17)14-19-12-9-16(2)26-19/h4-9,12,18H,3,10-11,13-15H2,1-2H3. The number of furan rings is 1. The van der Waals surface area contributed by atoms with Crippen LogP contribution in [0, 0.1) is 6.92 Å². The van der Waals surface area contributed by atoms with E-state index in [1.165, 1.54) is 4.31 Å². The maximum Gasteiger partial charge on any atom is 0.238 e. The van der Waals surface area contributed by atoms with E-state index in [4.69, 9.17) is 4.42 Å². The zero-order chi connectivity index (χ0) is 19.4. The number of sulfonamides is 1. The highest BCUT2D eigenvalue weighted by atomic mass is 32.2. The van der Waals surface area contributed by atoms with Gasteiger partial charge in [0, 0.05) is 12.6 Å². The number of hydrogen-bond acceptors (Lipinski definition) is 4. The molecule has 1 fully saturated rings. The third-order valence-electron chi connectivity index (χ3n) is 4.68. The molecule has 0 aliphatic heterocycles. The molecule has 7 heteroatoms. The Morgan fingerprint density at radius 2 is 1.81 bits per heavy atom. The molecule has 0 saturated heterocycles. The van der Waals surface area contributed by atoms with Crippen LogP contribution in [0.15, 0.2) is 46.9 Å². The normalized spacial score (nSPS) is 14.5. The zero-order valence-corrected chi connectivity index (χ0v) is 16.6. The van der Waals surface area contributed by atoms with Gasteiger partial charge in [0.2, 0.25) is 15.9 Å². The minimum absolute atomic E-state index is 0.00679. The van der Waals surface area contributed by atoms with Crippen molar-refractivity contribution in [3.63, 3.8) is 0 Å². The highest BCUT2D eigenvalue weighted by molar-refractivity contribution is 7.89. The van der Waals surface area contributed by atoms with Gasteiger partial charge in [-0.3, -0.25) is 4.79 Å². The molecule has 0 bridgehead atoms. The molecule has 0 N–H and O–H groups in total. The molecule has 27 heavy (non-hydrogen) atoms. The Morgan fingerprint density at radius 1 is 1.11 bits per heavy atom. The summed E-state index contributed by atoms with van der Waals surface area (Å²) in [7, 11) is -3.40. The van der Waals surface area contributed by atoms with Gasteiger partial charge < -0.3 is 9.32 Å². The van der Waals surface area contributed by atoms with Gasteiger partial charge in [-0.25, -0.2) is 8.42 Å². The van der Waals surface area contributed by atoms with Crippen LogP contribution >= 0.6 is 0 Å². The van der Waals surface area contributed by atoms with E-state index >= 15 is 0 Å². The number of hydrogen-bond donors (Lipinski definition) is 0. The van der Waals surface area contributed by atoms with Crippen molar-refractivity contribution in [2.24, 2.45) is 0 Å². The summed E-state index contributed by atoms with van der Waals surface area (Å²) in [5.74, 6) is 1.27.